The summed E-state index contributed by atoms with van der Waals surface area (Å²) in [6.07, 6.45) is 7.20. The van der Waals surface area contributed by atoms with Crippen molar-refractivity contribution in [3.05, 3.63) is 0 Å². The second-order valence-electron chi connectivity index (χ2n) is 4.94. The largest absolute Gasteiger partial charge is 0.229 e. The van der Waals surface area contributed by atoms with Crippen LogP contribution in [0.15, 0.2) is 4.99 Å². The molecule has 2 heteroatoms. The minimum Gasteiger partial charge on any atom is -0.229 e. The van der Waals surface area contributed by atoms with Crippen molar-refractivity contribution in [2.45, 2.75) is 38.1 Å². The van der Waals surface area contributed by atoms with Crippen molar-refractivity contribution in [2.24, 2.45) is 28.7 Å². The van der Waals surface area contributed by atoms with Gasteiger partial charge in [0.1, 0.15) is 0 Å². The van der Waals surface area contributed by atoms with E-state index >= 15 is 0 Å². The van der Waals surface area contributed by atoms with E-state index < -0.39 is 0 Å². The lowest BCUT2D eigenvalue weighted by atomic mass is 9.79. The first-order valence-electron chi connectivity index (χ1n) is 5.47. The third-order valence-electron chi connectivity index (χ3n) is 4.61. The molecular weight excluding hydrogens is 178 g/mol. The maximum Gasteiger partial charge on any atom is 0.0636 e. The summed E-state index contributed by atoms with van der Waals surface area (Å²) in [5, 5.41) is 2.58. The van der Waals surface area contributed by atoms with Crippen LogP contribution in [0.1, 0.15) is 32.1 Å². The topological polar surface area (TPSA) is 12.4 Å². The Bertz CT molecular complexity index is 269. The van der Waals surface area contributed by atoms with Crippen molar-refractivity contribution in [3.63, 3.8) is 0 Å². The van der Waals surface area contributed by atoms with Gasteiger partial charge < -0.3 is 0 Å². The zero-order valence-corrected chi connectivity index (χ0v) is 8.59. The molecule has 3 aliphatic carbocycles. The van der Waals surface area contributed by atoms with Crippen molar-refractivity contribution in [1.29, 1.82) is 0 Å². The molecule has 3 fully saturated rings. The van der Waals surface area contributed by atoms with E-state index in [0.29, 0.717) is 6.04 Å². The van der Waals surface area contributed by atoms with Crippen LogP contribution in [0.2, 0.25) is 0 Å². The van der Waals surface area contributed by atoms with Crippen LogP contribution in [-0.2, 0) is 0 Å². The molecule has 5 atom stereocenters. The lowest BCUT2D eigenvalue weighted by molar-refractivity contribution is 0.235. The summed E-state index contributed by atoms with van der Waals surface area (Å²) in [5.41, 5.74) is 0. The third kappa shape index (κ3) is 1.05. The predicted molar refractivity (Wildman–Crippen MR) is 55.9 cm³/mol. The average Bonchev–Trinajstić information content (AvgIpc) is 2.72. The van der Waals surface area contributed by atoms with Gasteiger partial charge in [0.15, 0.2) is 0 Å². The van der Waals surface area contributed by atoms with Gasteiger partial charge in [-0.15, -0.1) is 0 Å². The minimum absolute atomic E-state index is 0.557. The number of isothiocyanates is 1. The Balaban J connectivity index is 1.85. The fourth-order valence-corrected chi connectivity index (χ4v) is 4.38. The van der Waals surface area contributed by atoms with Crippen LogP contribution >= 0.6 is 12.2 Å². The van der Waals surface area contributed by atoms with Gasteiger partial charge in [0.2, 0.25) is 0 Å². The molecule has 1 nitrogen and oxygen atoms in total. The second kappa shape index (κ2) is 2.90. The van der Waals surface area contributed by atoms with E-state index in [9.17, 15) is 0 Å². The number of rotatable bonds is 1. The SMILES string of the molecule is S=C=N[C@@H]1C[C@@H]2C[C@H]1[C@@H]1CCC[C@H]21. The highest BCUT2D eigenvalue weighted by atomic mass is 32.1. The monoisotopic (exact) mass is 193 g/mol. The van der Waals surface area contributed by atoms with Crippen LogP contribution in [0.25, 0.3) is 0 Å². The van der Waals surface area contributed by atoms with Gasteiger partial charge in [-0.2, -0.15) is 0 Å². The first kappa shape index (κ1) is 8.14. The number of aliphatic imine (C=N–C) groups is 1. The normalized spacial score (nSPS) is 51.8. The molecule has 13 heavy (non-hydrogen) atoms. The minimum atomic E-state index is 0.557. The molecule has 2 bridgehead atoms. The van der Waals surface area contributed by atoms with Gasteiger partial charge >= 0.3 is 0 Å². The van der Waals surface area contributed by atoms with Crippen molar-refractivity contribution in [3.8, 4) is 0 Å². The number of fused-ring (bicyclic) bond motifs is 5. The van der Waals surface area contributed by atoms with Gasteiger partial charge in [0.05, 0.1) is 11.2 Å². The molecule has 0 aromatic carbocycles. The van der Waals surface area contributed by atoms with Gasteiger partial charge in [0.25, 0.3) is 0 Å². The van der Waals surface area contributed by atoms with Crippen LogP contribution in [0.4, 0.5) is 0 Å². The molecule has 0 radical (unpaired) electrons. The molecule has 0 heterocycles. The van der Waals surface area contributed by atoms with Crippen LogP contribution in [0.3, 0.4) is 0 Å². The smallest absolute Gasteiger partial charge is 0.0636 e. The molecule has 0 aromatic heterocycles. The number of hydrogen-bond acceptors (Lipinski definition) is 2. The fourth-order valence-electron chi connectivity index (χ4n) is 4.25. The van der Waals surface area contributed by atoms with Crippen LogP contribution in [0.5, 0.6) is 0 Å². The molecule has 3 saturated carbocycles. The Morgan fingerprint density at radius 2 is 1.92 bits per heavy atom. The summed E-state index contributed by atoms with van der Waals surface area (Å²) in [4.78, 5) is 4.33. The van der Waals surface area contributed by atoms with Crippen LogP contribution in [-0.4, -0.2) is 11.2 Å². The van der Waals surface area contributed by atoms with E-state index in [4.69, 9.17) is 12.2 Å². The molecule has 0 amide bonds. The maximum atomic E-state index is 4.71. The molecule has 0 spiro atoms. The summed E-state index contributed by atoms with van der Waals surface area (Å²) in [7, 11) is 0. The predicted octanol–water partition coefficient (Wildman–Crippen LogP) is 2.91. The summed E-state index contributed by atoms with van der Waals surface area (Å²) >= 11 is 4.71. The number of nitrogens with zero attached hydrogens (tertiary/aromatic N) is 1. The molecule has 3 rings (SSSR count). The highest BCUT2D eigenvalue weighted by molar-refractivity contribution is 7.78. The number of hydrogen-bond donors (Lipinski definition) is 0. The number of thiocarbonyl (C=S) groups is 1. The zero-order chi connectivity index (χ0) is 8.84. The second-order valence-corrected chi connectivity index (χ2v) is 5.12. The first-order valence-corrected chi connectivity index (χ1v) is 5.88. The van der Waals surface area contributed by atoms with Crippen LogP contribution < -0.4 is 0 Å². The van der Waals surface area contributed by atoms with Crippen LogP contribution in [0, 0.1) is 23.7 Å². The van der Waals surface area contributed by atoms with Crippen molar-refractivity contribution >= 4 is 17.4 Å². The van der Waals surface area contributed by atoms with Crippen molar-refractivity contribution in [1.82, 2.24) is 0 Å². The Hall–Kier alpha value is -0.200. The van der Waals surface area contributed by atoms with E-state index in [1.54, 1.807) is 0 Å². The molecule has 70 valence electrons. The standard InChI is InChI=1S/C11H15NS/c13-6-12-11-5-7-4-10(11)9-3-1-2-8(7)9/h7-11H,1-5H2/t7-,8+,9+,10-,11+/m0/s1. The molecule has 0 aromatic rings. The molecule has 0 unspecified atom stereocenters. The molecule has 3 aliphatic rings. The zero-order valence-electron chi connectivity index (χ0n) is 7.78. The highest BCUT2D eigenvalue weighted by Crippen LogP contribution is 2.59. The summed E-state index contributed by atoms with van der Waals surface area (Å²) in [6.45, 7) is 0. The first-order chi connectivity index (χ1) is 6.40. The van der Waals surface area contributed by atoms with Gasteiger partial charge in [-0.1, -0.05) is 6.42 Å². The molecule has 0 aliphatic heterocycles. The maximum absolute atomic E-state index is 4.71. The Morgan fingerprint density at radius 3 is 2.77 bits per heavy atom. The Labute approximate surface area is 84.6 Å². The van der Waals surface area contributed by atoms with E-state index in [2.05, 4.69) is 10.2 Å². The molecular formula is C11H15NS. The van der Waals surface area contributed by atoms with Gasteiger partial charge in [-0.25, -0.2) is 4.99 Å². The van der Waals surface area contributed by atoms with Crippen molar-refractivity contribution < 1.29 is 0 Å². The molecule has 0 N–H and O–H groups in total. The van der Waals surface area contributed by atoms with E-state index in [0.717, 1.165) is 23.7 Å². The highest BCUT2D eigenvalue weighted by Gasteiger charge is 2.53. The fraction of sp³-hybridized carbons (Fsp3) is 0.909. The molecule has 0 saturated heterocycles. The third-order valence-corrected chi connectivity index (χ3v) is 4.72. The Kier molecular flexibility index (Phi) is 1.81. The van der Waals surface area contributed by atoms with Crippen molar-refractivity contribution in [2.75, 3.05) is 0 Å². The lowest BCUT2D eigenvalue weighted by Crippen LogP contribution is -2.26. The summed E-state index contributed by atoms with van der Waals surface area (Å²) in [5.74, 6) is 3.96. The summed E-state index contributed by atoms with van der Waals surface area (Å²) < 4.78 is 0. The lowest BCUT2D eigenvalue weighted by Gasteiger charge is -2.28. The summed E-state index contributed by atoms with van der Waals surface area (Å²) in [6, 6.07) is 0.557. The van der Waals surface area contributed by atoms with Gasteiger partial charge in [0, 0.05) is 0 Å². The van der Waals surface area contributed by atoms with E-state index in [1.807, 2.05) is 0 Å². The van der Waals surface area contributed by atoms with E-state index in [-0.39, 0.29) is 0 Å². The van der Waals surface area contributed by atoms with Gasteiger partial charge in [-0.3, -0.25) is 0 Å². The van der Waals surface area contributed by atoms with Gasteiger partial charge in [-0.05, 0) is 61.6 Å². The Morgan fingerprint density at radius 1 is 1.08 bits per heavy atom. The van der Waals surface area contributed by atoms with E-state index in [1.165, 1.54) is 32.1 Å². The quantitative estimate of drug-likeness (QED) is 0.461. The average molecular weight is 193 g/mol.